The van der Waals surface area contributed by atoms with Crippen molar-refractivity contribution in [3.05, 3.63) is 41.7 Å². The second-order valence-corrected chi connectivity index (χ2v) is 6.74. The molecule has 1 saturated heterocycles. The Morgan fingerprint density at radius 1 is 1.33 bits per heavy atom. The summed E-state index contributed by atoms with van der Waals surface area (Å²) in [6.45, 7) is 5.60. The van der Waals surface area contributed by atoms with Crippen molar-refractivity contribution in [2.75, 3.05) is 23.3 Å². The molecule has 0 radical (unpaired) electrons. The van der Waals surface area contributed by atoms with E-state index in [2.05, 4.69) is 21.4 Å². The van der Waals surface area contributed by atoms with E-state index < -0.39 is 0 Å². The van der Waals surface area contributed by atoms with Crippen molar-refractivity contribution in [1.82, 2.24) is 9.78 Å². The lowest BCUT2D eigenvalue weighted by Gasteiger charge is -2.33. The van der Waals surface area contributed by atoms with Gasteiger partial charge in [-0.2, -0.15) is 10.4 Å². The molecule has 7 nitrogen and oxygen atoms in total. The number of rotatable bonds is 5. The van der Waals surface area contributed by atoms with E-state index in [0.29, 0.717) is 42.7 Å². The second-order valence-electron chi connectivity index (χ2n) is 6.74. The number of carbonyl (C=O) groups is 2. The maximum atomic E-state index is 12.5. The van der Waals surface area contributed by atoms with Crippen molar-refractivity contribution < 1.29 is 9.59 Å². The SMILES string of the molecule is CCn1cc(NC(=O)C2CCN(c3cc(C(C)=O)ccc3C#N)CC2)cn1. The van der Waals surface area contributed by atoms with Gasteiger partial charge in [-0.15, -0.1) is 0 Å². The molecule has 1 N–H and O–H groups in total. The Kier molecular flexibility index (Phi) is 5.55. The smallest absolute Gasteiger partial charge is 0.227 e. The molecule has 1 fully saturated rings. The molecular formula is C20H23N5O2. The number of ketones is 1. The van der Waals surface area contributed by atoms with Crippen molar-refractivity contribution in [1.29, 1.82) is 5.26 Å². The zero-order valence-corrected chi connectivity index (χ0v) is 15.6. The summed E-state index contributed by atoms with van der Waals surface area (Å²) >= 11 is 0. The lowest BCUT2D eigenvalue weighted by molar-refractivity contribution is -0.120. The third-order valence-corrected chi connectivity index (χ3v) is 4.96. The number of Topliss-reactive ketones (excluding diaryl/α,β-unsaturated/α-hetero) is 1. The van der Waals surface area contributed by atoms with E-state index in [1.165, 1.54) is 6.92 Å². The van der Waals surface area contributed by atoms with Crippen LogP contribution in [0, 0.1) is 17.2 Å². The van der Waals surface area contributed by atoms with Crippen molar-refractivity contribution in [3.63, 3.8) is 0 Å². The standard InChI is InChI=1S/C20H23N5O2/c1-3-25-13-18(12-22-25)23-20(27)15-6-8-24(9-7-15)19-10-16(14(2)26)4-5-17(19)11-21/h4-5,10,12-13,15H,3,6-9H2,1-2H3,(H,23,27). The minimum absolute atomic E-state index is 0.00305. The summed E-state index contributed by atoms with van der Waals surface area (Å²) in [7, 11) is 0. The predicted octanol–water partition coefficient (Wildman–Crippen LogP) is 2.83. The maximum absolute atomic E-state index is 12.5. The van der Waals surface area contributed by atoms with E-state index in [1.54, 1.807) is 29.1 Å². The Balaban J connectivity index is 1.65. The van der Waals surface area contributed by atoms with Crippen LogP contribution < -0.4 is 10.2 Å². The summed E-state index contributed by atoms with van der Waals surface area (Å²) in [6.07, 6.45) is 4.87. The zero-order chi connectivity index (χ0) is 19.4. The van der Waals surface area contributed by atoms with Crippen LogP contribution in [0.15, 0.2) is 30.6 Å². The Hall–Kier alpha value is -3.14. The molecule has 1 amide bonds. The number of aromatic nitrogens is 2. The minimum Gasteiger partial charge on any atom is -0.370 e. The molecule has 27 heavy (non-hydrogen) atoms. The van der Waals surface area contributed by atoms with Gasteiger partial charge >= 0.3 is 0 Å². The number of hydrogen-bond acceptors (Lipinski definition) is 5. The largest absolute Gasteiger partial charge is 0.370 e. The van der Waals surface area contributed by atoms with Crippen molar-refractivity contribution >= 4 is 23.1 Å². The molecule has 1 aromatic carbocycles. The highest BCUT2D eigenvalue weighted by atomic mass is 16.2. The lowest BCUT2D eigenvalue weighted by atomic mass is 9.94. The van der Waals surface area contributed by atoms with Crippen molar-refractivity contribution in [2.45, 2.75) is 33.2 Å². The van der Waals surface area contributed by atoms with Crippen LogP contribution in [-0.4, -0.2) is 34.6 Å². The maximum Gasteiger partial charge on any atom is 0.227 e. The molecule has 1 aliphatic rings. The topological polar surface area (TPSA) is 91.0 Å². The van der Waals surface area contributed by atoms with Crippen LogP contribution in [0.25, 0.3) is 0 Å². The quantitative estimate of drug-likeness (QED) is 0.823. The van der Waals surface area contributed by atoms with Gasteiger partial charge in [0.25, 0.3) is 0 Å². The first-order valence-corrected chi connectivity index (χ1v) is 9.15. The Morgan fingerprint density at radius 3 is 2.67 bits per heavy atom. The van der Waals surface area contributed by atoms with Gasteiger partial charge in [-0.05, 0) is 44.9 Å². The zero-order valence-electron chi connectivity index (χ0n) is 15.6. The minimum atomic E-state index is -0.0762. The van der Waals surface area contributed by atoms with Crippen molar-refractivity contribution in [2.24, 2.45) is 5.92 Å². The molecule has 2 aromatic rings. The fourth-order valence-corrected chi connectivity index (χ4v) is 3.33. The molecular weight excluding hydrogens is 342 g/mol. The number of aryl methyl sites for hydroxylation is 1. The van der Waals surface area contributed by atoms with Gasteiger partial charge in [0, 0.05) is 37.3 Å². The summed E-state index contributed by atoms with van der Waals surface area (Å²) in [6, 6.07) is 7.34. The van der Waals surface area contributed by atoms with Crippen LogP contribution in [0.5, 0.6) is 0 Å². The van der Waals surface area contributed by atoms with Crippen LogP contribution in [0.4, 0.5) is 11.4 Å². The molecule has 2 heterocycles. The Labute approximate surface area is 158 Å². The highest BCUT2D eigenvalue weighted by molar-refractivity contribution is 5.95. The first-order chi connectivity index (χ1) is 13.0. The summed E-state index contributed by atoms with van der Waals surface area (Å²) in [5.41, 5.74) is 2.63. The van der Waals surface area contributed by atoms with E-state index in [0.717, 1.165) is 12.2 Å². The average molecular weight is 365 g/mol. The molecule has 0 bridgehead atoms. The number of carbonyl (C=O) groups excluding carboxylic acids is 2. The Bertz CT molecular complexity index is 888. The van der Waals surface area contributed by atoms with Gasteiger partial charge in [-0.25, -0.2) is 0 Å². The predicted molar refractivity (Wildman–Crippen MR) is 103 cm³/mol. The highest BCUT2D eigenvalue weighted by Crippen LogP contribution is 2.28. The van der Waals surface area contributed by atoms with E-state index >= 15 is 0 Å². The molecule has 0 saturated carbocycles. The summed E-state index contributed by atoms with van der Waals surface area (Å²) < 4.78 is 1.77. The summed E-state index contributed by atoms with van der Waals surface area (Å²) in [5, 5.41) is 16.5. The summed E-state index contributed by atoms with van der Waals surface area (Å²) in [5.74, 6) is -0.0984. The van der Waals surface area contributed by atoms with Gasteiger partial charge in [0.1, 0.15) is 6.07 Å². The van der Waals surface area contributed by atoms with Crippen LogP contribution in [-0.2, 0) is 11.3 Å². The molecule has 0 aliphatic carbocycles. The van der Waals surface area contributed by atoms with Gasteiger partial charge in [-0.1, -0.05) is 0 Å². The monoisotopic (exact) mass is 365 g/mol. The number of nitriles is 1. The highest BCUT2D eigenvalue weighted by Gasteiger charge is 2.26. The number of nitrogens with one attached hydrogen (secondary N) is 1. The number of amides is 1. The number of piperidine rings is 1. The Morgan fingerprint density at radius 2 is 2.07 bits per heavy atom. The second kappa shape index (κ2) is 8.04. The number of anilines is 2. The van der Waals surface area contributed by atoms with Crippen LogP contribution in [0.2, 0.25) is 0 Å². The first-order valence-electron chi connectivity index (χ1n) is 9.15. The molecule has 0 unspecified atom stereocenters. The molecule has 1 aliphatic heterocycles. The normalized spacial score (nSPS) is 14.6. The van der Waals surface area contributed by atoms with Gasteiger partial charge in [0.2, 0.25) is 5.91 Å². The number of hydrogen-bond donors (Lipinski definition) is 1. The average Bonchev–Trinajstić information content (AvgIpc) is 3.15. The molecule has 3 rings (SSSR count). The molecule has 0 spiro atoms. The van der Waals surface area contributed by atoms with E-state index in [9.17, 15) is 14.9 Å². The number of benzene rings is 1. The molecule has 140 valence electrons. The third kappa shape index (κ3) is 4.17. The summed E-state index contributed by atoms with van der Waals surface area (Å²) in [4.78, 5) is 26.3. The molecule has 1 aromatic heterocycles. The van der Waals surface area contributed by atoms with E-state index in [1.807, 2.05) is 13.1 Å². The van der Waals surface area contributed by atoms with E-state index in [-0.39, 0.29) is 17.6 Å². The van der Waals surface area contributed by atoms with Crippen LogP contribution in [0.1, 0.15) is 42.6 Å². The van der Waals surface area contributed by atoms with Gasteiger partial charge in [-0.3, -0.25) is 14.3 Å². The van der Waals surface area contributed by atoms with Gasteiger partial charge in [0.05, 0.1) is 23.1 Å². The first kappa shape index (κ1) is 18.6. The fraction of sp³-hybridized carbons (Fsp3) is 0.400. The van der Waals surface area contributed by atoms with E-state index in [4.69, 9.17) is 0 Å². The molecule has 0 atom stereocenters. The van der Waals surface area contributed by atoms with Gasteiger partial charge < -0.3 is 10.2 Å². The van der Waals surface area contributed by atoms with Crippen molar-refractivity contribution in [3.8, 4) is 6.07 Å². The van der Waals surface area contributed by atoms with Gasteiger partial charge in [0.15, 0.2) is 5.78 Å². The number of nitrogens with zero attached hydrogens (tertiary/aromatic N) is 4. The third-order valence-electron chi connectivity index (χ3n) is 4.96. The lowest BCUT2D eigenvalue weighted by Crippen LogP contribution is -2.38. The molecule has 7 heteroatoms. The van der Waals surface area contributed by atoms with Crippen LogP contribution in [0.3, 0.4) is 0 Å². The fourth-order valence-electron chi connectivity index (χ4n) is 3.33. The van der Waals surface area contributed by atoms with Crippen LogP contribution >= 0.6 is 0 Å².